The number of carbonyl (C=O) groups excluding carboxylic acids is 2. The van der Waals surface area contributed by atoms with E-state index in [0.717, 1.165) is 37.6 Å². The molecule has 5 nitrogen and oxygen atoms in total. The predicted octanol–water partition coefficient (Wildman–Crippen LogP) is 0.701. The fourth-order valence-electron chi connectivity index (χ4n) is 2.84. The molecule has 2 aliphatic heterocycles. The standard InChI is InChI=1S/C13H21NO4S/c1-8(15)19-10-5-7-18-13(17)11(12(10)16)9-4-2-3-6-14-9/h9-12,14,16H,2-7H2,1H3/t9-,10+,11-,12-/m1/s1. The minimum atomic E-state index is -0.820. The van der Waals surface area contributed by atoms with Gasteiger partial charge in [-0.25, -0.2) is 0 Å². The summed E-state index contributed by atoms with van der Waals surface area (Å²) in [6.45, 7) is 2.63. The molecule has 19 heavy (non-hydrogen) atoms. The van der Waals surface area contributed by atoms with Gasteiger partial charge in [-0.2, -0.15) is 0 Å². The molecule has 6 heteroatoms. The minimum absolute atomic E-state index is 0.0336. The van der Waals surface area contributed by atoms with Crippen LogP contribution in [0, 0.1) is 5.92 Å². The van der Waals surface area contributed by atoms with Crippen LogP contribution in [0.2, 0.25) is 0 Å². The number of ether oxygens (including phenoxy) is 1. The second-order valence-electron chi connectivity index (χ2n) is 5.18. The molecule has 2 fully saturated rings. The summed E-state index contributed by atoms with van der Waals surface area (Å²) >= 11 is 1.12. The highest BCUT2D eigenvalue weighted by Gasteiger charge is 2.42. The van der Waals surface area contributed by atoms with Gasteiger partial charge >= 0.3 is 5.97 Å². The number of thioether (sulfide) groups is 1. The highest BCUT2D eigenvalue weighted by molar-refractivity contribution is 8.14. The zero-order chi connectivity index (χ0) is 13.8. The topological polar surface area (TPSA) is 75.6 Å². The Morgan fingerprint density at radius 1 is 1.42 bits per heavy atom. The normalized spacial score (nSPS) is 36.4. The molecule has 0 aromatic rings. The molecule has 0 radical (unpaired) electrons. The Balaban J connectivity index is 2.11. The molecular formula is C13H21NO4S. The van der Waals surface area contributed by atoms with Gasteiger partial charge in [-0.3, -0.25) is 9.59 Å². The summed E-state index contributed by atoms with van der Waals surface area (Å²) in [4.78, 5) is 23.3. The fraction of sp³-hybridized carbons (Fsp3) is 0.846. The molecule has 2 saturated heterocycles. The van der Waals surface area contributed by atoms with Crippen molar-refractivity contribution in [3.63, 3.8) is 0 Å². The number of aliphatic hydroxyl groups excluding tert-OH is 1. The van der Waals surface area contributed by atoms with Crippen LogP contribution in [0.1, 0.15) is 32.6 Å². The van der Waals surface area contributed by atoms with E-state index in [2.05, 4.69) is 5.32 Å². The molecule has 0 spiro atoms. The summed E-state index contributed by atoms with van der Waals surface area (Å²) in [5, 5.41) is 13.5. The average Bonchev–Trinajstić information content (AvgIpc) is 2.50. The smallest absolute Gasteiger partial charge is 0.313 e. The fourth-order valence-corrected chi connectivity index (χ4v) is 3.79. The number of piperidine rings is 1. The van der Waals surface area contributed by atoms with Crippen LogP contribution in [0.15, 0.2) is 0 Å². The summed E-state index contributed by atoms with van der Waals surface area (Å²) in [6.07, 6.45) is 2.73. The second-order valence-corrected chi connectivity index (χ2v) is 6.59. The van der Waals surface area contributed by atoms with Crippen LogP contribution in [-0.4, -0.2) is 46.7 Å². The highest BCUT2D eigenvalue weighted by Crippen LogP contribution is 2.31. The maximum atomic E-state index is 12.0. The Labute approximate surface area is 117 Å². The molecule has 2 rings (SSSR count). The van der Waals surface area contributed by atoms with Crippen molar-refractivity contribution in [1.82, 2.24) is 5.32 Å². The van der Waals surface area contributed by atoms with E-state index in [0.29, 0.717) is 6.42 Å². The summed E-state index contributed by atoms with van der Waals surface area (Å²) in [5.74, 6) is -0.891. The van der Waals surface area contributed by atoms with E-state index in [1.165, 1.54) is 6.92 Å². The quantitative estimate of drug-likeness (QED) is 0.728. The van der Waals surface area contributed by atoms with Crippen LogP contribution in [0.5, 0.6) is 0 Å². The van der Waals surface area contributed by atoms with Gasteiger partial charge in [0, 0.05) is 18.2 Å². The van der Waals surface area contributed by atoms with E-state index in [9.17, 15) is 14.7 Å². The zero-order valence-electron chi connectivity index (χ0n) is 11.1. The number of hydrogen-bond donors (Lipinski definition) is 2. The SMILES string of the molecule is CC(=O)S[C@H]1CCOC(=O)[C@H]([C@H]2CCCCN2)[C@@H]1O. The third-order valence-corrected chi connectivity index (χ3v) is 4.92. The van der Waals surface area contributed by atoms with E-state index >= 15 is 0 Å². The van der Waals surface area contributed by atoms with Crippen molar-refractivity contribution in [3.05, 3.63) is 0 Å². The summed E-state index contributed by atoms with van der Waals surface area (Å²) in [7, 11) is 0. The van der Waals surface area contributed by atoms with Gasteiger partial charge in [0.2, 0.25) is 0 Å². The van der Waals surface area contributed by atoms with Crippen LogP contribution in [0.3, 0.4) is 0 Å². The van der Waals surface area contributed by atoms with Gasteiger partial charge in [0.05, 0.1) is 18.6 Å². The lowest BCUT2D eigenvalue weighted by atomic mass is 9.86. The Kier molecular flexibility index (Phi) is 5.24. The Morgan fingerprint density at radius 3 is 2.84 bits per heavy atom. The third-order valence-electron chi connectivity index (χ3n) is 3.77. The van der Waals surface area contributed by atoms with Crippen molar-refractivity contribution in [2.75, 3.05) is 13.2 Å². The molecule has 2 N–H and O–H groups in total. The molecule has 0 saturated carbocycles. The summed E-state index contributed by atoms with van der Waals surface area (Å²) in [5.41, 5.74) is 0. The summed E-state index contributed by atoms with van der Waals surface area (Å²) < 4.78 is 5.19. The number of hydrogen-bond acceptors (Lipinski definition) is 6. The Hall–Kier alpha value is -0.590. The van der Waals surface area contributed by atoms with Crippen molar-refractivity contribution in [2.24, 2.45) is 5.92 Å². The lowest BCUT2D eigenvalue weighted by molar-refractivity contribution is -0.151. The predicted molar refractivity (Wildman–Crippen MR) is 72.8 cm³/mol. The third kappa shape index (κ3) is 3.70. The molecule has 0 aliphatic carbocycles. The van der Waals surface area contributed by atoms with Crippen LogP contribution in [0.25, 0.3) is 0 Å². The van der Waals surface area contributed by atoms with Gasteiger partial charge in [-0.05, 0) is 25.8 Å². The minimum Gasteiger partial charge on any atom is -0.465 e. The molecule has 2 heterocycles. The molecule has 2 aliphatic rings. The lowest BCUT2D eigenvalue weighted by Gasteiger charge is -2.33. The number of carbonyl (C=O) groups is 2. The second kappa shape index (κ2) is 6.72. The highest BCUT2D eigenvalue weighted by atomic mass is 32.2. The first-order valence-electron chi connectivity index (χ1n) is 6.85. The maximum Gasteiger partial charge on any atom is 0.313 e. The van der Waals surface area contributed by atoms with Gasteiger partial charge in [-0.1, -0.05) is 18.2 Å². The maximum absolute atomic E-state index is 12.0. The van der Waals surface area contributed by atoms with E-state index < -0.39 is 12.0 Å². The Bertz CT molecular complexity index is 344. The number of aliphatic hydroxyl groups is 1. The van der Waals surface area contributed by atoms with Gasteiger partial charge in [0.25, 0.3) is 0 Å². The first-order chi connectivity index (χ1) is 9.09. The van der Waals surface area contributed by atoms with Gasteiger partial charge < -0.3 is 15.2 Å². The molecule has 0 bridgehead atoms. The van der Waals surface area contributed by atoms with E-state index in [1.807, 2.05) is 0 Å². The van der Waals surface area contributed by atoms with Crippen molar-refractivity contribution in [2.45, 2.75) is 50.0 Å². The van der Waals surface area contributed by atoms with Crippen molar-refractivity contribution < 1.29 is 19.4 Å². The largest absolute Gasteiger partial charge is 0.465 e. The van der Waals surface area contributed by atoms with Crippen LogP contribution < -0.4 is 5.32 Å². The van der Waals surface area contributed by atoms with E-state index in [1.54, 1.807) is 0 Å². The molecule has 0 unspecified atom stereocenters. The molecule has 0 amide bonds. The monoisotopic (exact) mass is 287 g/mol. The summed E-state index contributed by atoms with van der Waals surface area (Å²) in [6, 6.07) is -0.0376. The van der Waals surface area contributed by atoms with E-state index in [4.69, 9.17) is 4.74 Å². The molecule has 0 aromatic carbocycles. The van der Waals surface area contributed by atoms with Crippen LogP contribution >= 0.6 is 11.8 Å². The lowest BCUT2D eigenvalue weighted by Crippen LogP contribution is -2.50. The molecule has 108 valence electrons. The zero-order valence-corrected chi connectivity index (χ0v) is 11.9. The van der Waals surface area contributed by atoms with Gasteiger partial charge in [-0.15, -0.1) is 0 Å². The van der Waals surface area contributed by atoms with Crippen LogP contribution in [-0.2, 0) is 14.3 Å². The van der Waals surface area contributed by atoms with Gasteiger partial charge in [0.1, 0.15) is 0 Å². The first kappa shape index (κ1) is 14.8. The number of cyclic esters (lactones) is 1. The number of rotatable bonds is 2. The Morgan fingerprint density at radius 2 is 2.21 bits per heavy atom. The molecular weight excluding hydrogens is 266 g/mol. The first-order valence-corrected chi connectivity index (χ1v) is 7.73. The molecule has 0 aromatic heterocycles. The van der Waals surface area contributed by atoms with Crippen molar-refractivity contribution >= 4 is 22.8 Å². The van der Waals surface area contributed by atoms with Gasteiger partial charge in [0.15, 0.2) is 5.12 Å². The van der Waals surface area contributed by atoms with Crippen molar-refractivity contribution in [3.8, 4) is 0 Å². The van der Waals surface area contributed by atoms with E-state index in [-0.39, 0.29) is 29.0 Å². The average molecular weight is 287 g/mol. The molecule has 4 atom stereocenters. The number of esters is 1. The van der Waals surface area contributed by atoms with Crippen molar-refractivity contribution in [1.29, 1.82) is 0 Å². The van der Waals surface area contributed by atoms with Crippen LogP contribution in [0.4, 0.5) is 0 Å². The number of nitrogens with one attached hydrogen (secondary N) is 1.